The van der Waals surface area contributed by atoms with Gasteiger partial charge in [-0.1, -0.05) is 0 Å². The van der Waals surface area contributed by atoms with E-state index in [0.717, 1.165) is 0 Å². The Hall–Kier alpha value is -1.65. The molecule has 1 aromatic rings. The van der Waals surface area contributed by atoms with E-state index in [2.05, 4.69) is 4.98 Å². The van der Waals surface area contributed by atoms with Crippen LogP contribution in [0.1, 0.15) is 32.2 Å². The van der Waals surface area contributed by atoms with Crippen molar-refractivity contribution in [3.63, 3.8) is 0 Å². The third-order valence-electron chi connectivity index (χ3n) is 1.99. The van der Waals surface area contributed by atoms with Crippen LogP contribution in [0.2, 0.25) is 0 Å². The minimum Gasteiger partial charge on any atom is -0.618 e. The fourth-order valence-electron chi connectivity index (χ4n) is 0.934. The topological polar surface area (TPSA) is 66.1 Å². The largest absolute Gasteiger partial charge is 0.618 e. The average molecular weight is 224 g/mol. The number of aryl methyl sites for hydroxylation is 1. The first-order valence-corrected chi connectivity index (χ1v) is 5.02. The smallest absolute Gasteiger partial charge is 0.311 e. The first-order valence-electron chi connectivity index (χ1n) is 5.02. The maximum atomic E-state index is 11.5. The summed E-state index contributed by atoms with van der Waals surface area (Å²) in [4.78, 5) is 15.4. The second-order valence-electron chi connectivity index (χ2n) is 4.67. The quantitative estimate of drug-likeness (QED) is 0.429. The second kappa shape index (κ2) is 4.47. The molecule has 0 aliphatic carbocycles. The number of carbonyl (C=O) groups is 1. The molecule has 0 aromatic carbocycles. The van der Waals surface area contributed by atoms with Gasteiger partial charge in [-0.05, 0) is 20.8 Å². The number of esters is 1. The van der Waals surface area contributed by atoms with Gasteiger partial charge in [-0.3, -0.25) is 4.79 Å². The monoisotopic (exact) mass is 224 g/mol. The number of hydrogen-bond donors (Lipinski definition) is 0. The van der Waals surface area contributed by atoms with Crippen LogP contribution in [0.15, 0.2) is 12.4 Å². The molecule has 0 bridgehead atoms. The van der Waals surface area contributed by atoms with Crippen LogP contribution >= 0.6 is 0 Å². The van der Waals surface area contributed by atoms with Gasteiger partial charge in [-0.2, -0.15) is 4.73 Å². The molecule has 0 unspecified atom stereocenters. The summed E-state index contributed by atoms with van der Waals surface area (Å²) < 4.78 is 5.74. The fourth-order valence-corrected chi connectivity index (χ4v) is 0.934. The lowest BCUT2D eigenvalue weighted by Gasteiger charge is -2.16. The summed E-state index contributed by atoms with van der Waals surface area (Å²) >= 11 is 0. The highest BCUT2D eigenvalue weighted by Gasteiger charge is 2.23. The third-order valence-corrected chi connectivity index (χ3v) is 1.99. The van der Waals surface area contributed by atoms with E-state index in [9.17, 15) is 10.0 Å². The molecule has 0 atom stereocenters. The van der Waals surface area contributed by atoms with Gasteiger partial charge in [0.25, 0.3) is 0 Å². The van der Waals surface area contributed by atoms with Crippen molar-refractivity contribution < 1.29 is 14.3 Å². The van der Waals surface area contributed by atoms with Crippen molar-refractivity contribution in [3.05, 3.63) is 29.0 Å². The molecular formula is C11H16N2O3. The van der Waals surface area contributed by atoms with Gasteiger partial charge in [0.15, 0.2) is 0 Å². The van der Waals surface area contributed by atoms with Gasteiger partial charge >= 0.3 is 5.97 Å². The maximum Gasteiger partial charge on any atom is 0.311 e. The van der Waals surface area contributed by atoms with Crippen LogP contribution in [0.5, 0.6) is 0 Å². The molecule has 1 aromatic heterocycles. The minimum absolute atomic E-state index is 0.0264. The Labute approximate surface area is 94.7 Å². The van der Waals surface area contributed by atoms with Crippen molar-refractivity contribution in [1.82, 2.24) is 4.98 Å². The van der Waals surface area contributed by atoms with E-state index in [0.29, 0.717) is 16.1 Å². The Morgan fingerprint density at radius 1 is 1.56 bits per heavy atom. The SMILES string of the molecule is Cc1cnc(COC(=O)C(C)(C)C)c[n+]1[O-]. The normalized spacial score (nSPS) is 11.2. The Morgan fingerprint density at radius 2 is 2.19 bits per heavy atom. The van der Waals surface area contributed by atoms with Crippen LogP contribution in [0.4, 0.5) is 0 Å². The number of ether oxygens (including phenoxy) is 1. The standard InChI is InChI=1S/C11H16N2O3/c1-8-5-12-9(6-13(8)15)7-16-10(14)11(2,3)4/h5-6H,7H2,1-4H3. The Balaban J connectivity index is 2.62. The van der Waals surface area contributed by atoms with E-state index in [1.54, 1.807) is 27.7 Å². The Bertz CT molecular complexity index is 397. The third kappa shape index (κ3) is 3.18. The molecule has 0 spiro atoms. The highest BCUT2D eigenvalue weighted by atomic mass is 16.5. The zero-order valence-electron chi connectivity index (χ0n) is 9.98. The van der Waals surface area contributed by atoms with Crippen LogP contribution in [0.3, 0.4) is 0 Å². The first-order chi connectivity index (χ1) is 7.30. The molecule has 1 rings (SSSR count). The summed E-state index contributed by atoms with van der Waals surface area (Å²) in [5, 5.41) is 11.2. The van der Waals surface area contributed by atoms with Crippen molar-refractivity contribution >= 4 is 5.97 Å². The highest BCUT2D eigenvalue weighted by Crippen LogP contribution is 2.15. The van der Waals surface area contributed by atoms with Crippen LogP contribution in [-0.2, 0) is 16.1 Å². The van der Waals surface area contributed by atoms with Crippen molar-refractivity contribution in [3.8, 4) is 0 Å². The molecule has 5 nitrogen and oxygen atoms in total. The van der Waals surface area contributed by atoms with Gasteiger partial charge in [0.1, 0.15) is 12.3 Å². The summed E-state index contributed by atoms with van der Waals surface area (Å²) in [5.41, 5.74) is 0.405. The zero-order chi connectivity index (χ0) is 12.3. The van der Waals surface area contributed by atoms with Crippen molar-refractivity contribution in [2.45, 2.75) is 34.3 Å². The molecule has 16 heavy (non-hydrogen) atoms. The van der Waals surface area contributed by atoms with Crippen LogP contribution < -0.4 is 4.73 Å². The number of hydrogen-bond acceptors (Lipinski definition) is 4. The zero-order valence-corrected chi connectivity index (χ0v) is 9.98. The molecule has 0 fully saturated rings. The van der Waals surface area contributed by atoms with Gasteiger partial charge in [0.05, 0.1) is 11.6 Å². The molecule has 0 amide bonds. The summed E-state index contributed by atoms with van der Waals surface area (Å²) in [5.74, 6) is -0.313. The van der Waals surface area contributed by atoms with Gasteiger partial charge in [0, 0.05) is 6.92 Å². The molecule has 0 saturated carbocycles. The van der Waals surface area contributed by atoms with Gasteiger partial charge in [-0.15, -0.1) is 0 Å². The summed E-state index contributed by atoms with van der Waals surface area (Å²) in [6.07, 6.45) is 2.76. The van der Waals surface area contributed by atoms with E-state index in [-0.39, 0.29) is 12.6 Å². The van der Waals surface area contributed by atoms with Gasteiger partial charge in [-0.25, -0.2) is 4.98 Å². The maximum absolute atomic E-state index is 11.5. The molecule has 0 saturated heterocycles. The molecule has 0 N–H and O–H groups in total. The molecule has 88 valence electrons. The Kier molecular flexibility index (Phi) is 3.47. The van der Waals surface area contributed by atoms with Gasteiger partial charge in [0.2, 0.25) is 11.9 Å². The number of aromatic nitrogens is 2. The minimum atomic E-state index is -0.544. The molecule has 5 heteroatoms. The summed E-state index contributed by atoms with van der Waals surface area (Å²) in [6, 6.07) is 0. The first kappa shape index (κ1) is 12.4. The van der Waals surface area contributed by atoms with Crippen LogP contribution in [0, 0.1) is 17.5 Å². The average Bonchev–Trinajstić information content (AvgIpc) is 2.18. The number of carbonyl (C=O) groups excluding carboxylic acids is 1. The van der Waals surface area contributed by atoms with Crippen molar-refractivity contribution in [2.24, 2.45) is 5.41 Å². The lowest BCUT2D eigenvalue weighted by Crippen LogP contribution is -2.31. The summed E-state index contributed by atoms with van der Waals surface area (Å²) in [6.45, 7) is 6.99. The lowest BCUT2D eigenvalue weighted by atomic mass is 9.97. The molecule has 0 aliphatic heterocycles. The van der Waals surface area contributed by atoms with Crippen LogP contribution in [-0.4, -0.2) is 11.0 Å². The lowest BCUT2D eigenvalue weighted by molar-refractivity contribution is -0.613. The summed E-state index contributed by atoms with van der Waals surface area (Å²) in [7, 11) is 0. The Morgan fingerprint density at radius 3 is 2.69 bits per heavy atom. The van der Waals surface area contributed by atoms with Crippen LogP contribution in [0.25, 0.3) is 0 Å². The fraction of sp³-hybridized carbons (Fsp3) is 0.545. The molecule has 0 radical (unpaired) electrons. The highest BCUT2D eigenvalue weighted by molar-refractivity contribution is 5.75. The number of nitrogens with zero attached hydrogens (tertiary/aromatic N) is 2. The number of rotatable bonds is 2. The second-order valence-corrected chi connectivity index (χ2v) is 4.67. The van der Waals surface area contributed by atoms with E-state index >= 15 is 0 Å². The molecule has 1 heterocycles. The van der Waals surface area contributed by atoms with Crippen molar-refractivity contribution in [1.29, 1.82) is 0 Å². The van der Waals surface area contributed by atoms with Crippen molar-refractivity contribution in [2.75, 3.05) is 0 Å². The van der Waals surface area contributed by atoms with E-state index < -0.39 is 5.41 Å². The predicted molar refractivity (Wildman–Crippen MR) is 57.2 cm³/mol. The van der Waals surface area contributed by atoms with E-state index in [4.69, 9.17) is 4.74 Å². The van der Waals surface area contributed by atoms with E-state index in [1.807, 2.05) is 0 Å². The van der Waals surface area contributed by atoms with Gasteiger partial charge < -0.3 is 9.94 Å². The van der Waals surface area contributed by atoms with E-state index in [1.165, 1.54) is 12.4 Å². The predicted octanol–water partition coefficient (Wildman–Crippen LogP) is 1.11. The molecular weight excluding hydrogens is 208 g/mol. The molecule has 0 aliphatic rings.